The first kappa shape index (κ1) is 105. The van der Waals surface area contributed by atoms with Gasteiger partial charge in [0.2, 0.25) is 17.7 Å². The molecule has 732 valence electrons. The summed E-state index contributed by atoms with van der Waals surface area (Å²) < 4.78 is 137. The number of halogens is 15. The molecule has 0 spiro atoms. The number of amides is 3. The second kappa shape index (κ2) is 40.8. The first-order valence-electron chi connectivity index (χ1n) is 43.9. The number of nitrogens with two attached hydrogens (primary N) is 3. The number of fused-ring (bicyclic) bond motifs is 3. The Hall–Kier alpha value is -13.8. The molecule has 0 saturated carbocycles. The number of piperazine rings is 3. The predicted octanol–water partition coefficient (Wildman–Crippen LogP) is 20.0. The number of rotatable bonds is 15. The molecular weight excluding hydrogens is 1960 g/mol. The molecule has 9 aromatic heterocycles. The molecule has 3 saturated heterocycles. The van der Waals surface area contributed by atoms with Crippen molar-refractivity contribution in [2.45, 2.75) is 158 Å². The van der Waals surface area contributed by atoms with E-state index in [0.29, 0.717) is 45.1 Å². The van der Waals surface area contributed by atoms with Crippen molar-refractivity contribution in [1.82, 2.24) is 58.3 Å². The van der Waals surface area contributed by atoms with Gasteiger partial charge in [0.05, 0.1) is 117 Å². The largest absolute Gasteiger partial charge is 0.397 e. The van der Waals surface area contributed by atoms with Gasteiger partial charge in [-0.2, -0.15) is 15.8 Å². The van der Waals surface area contributed by atoms with E-state index in [-0.39, 0.29) is 204 Å². The number of nitriles is 3. The van der Waals surface area contributed by atoms with Crippen molar-refractivity contribution in [2.75, 3.05) is 71.2 Å². The molecule has 0 aliphatic carbocycles. The third kappa shape index (κ3) is 18.1. The van der Waals surface area contributed by atoms with Crippen LogP contribution in [0, 0.1) is 107 Å². The average molecular weight is 2050 g/mol. The Bertz CT molecular complexity index is 6860. The molecule has 3 fully saturated rings. The molecule has 15 rings (SSSR count). The van der Waals surface area contributed by atoms with Gasteiger partial charge in [-0.25, -0.2) is 54.5 Å². The highest BCUT2D eigenvalue weighted by Crippen LogP contribution is 2.49. The Morgan fingerprint density at radius 3 is 0.894 bits per heavy atom. The summed E-state index contributed by atoms with van der Waals surface area (Å²) in [5, 5.41) is 28.7. The second-order valence-electron chi connectivity index (χ2n) is 35.3. The topological polar surface area (TPSA) is 363 Å². The number of benzene rings is 3. The molecule has 0 bridgehead atoms. The van der Waals surface area contributed by atoms with Crippen LogP contribution in [-0.4, -0.2) is 152 Å². The fourth-order valence-electron chi connectivity index (χ4n) is 18.9. The van der Waals surface area contributed by atoms with Crippen LogP contribution < -0.4 is 48.6 Å². The highest BCUT2D eigenvalue weighted by atomic mass is 35.5. The van der Waals surface area contributed by atoms with Crippen LogP contribution in [-0.2, 0) is 14.4 Å². The maximum atomic E-state index is 15.6. The summed E-state index contributed by atoms with van der Waals surface area (Å²) in [6.07, 6.45) is 8.43. The van der Waals surface area contributed by atoms with Crippen LogP contribution >= 0.6 is 69.6 Å². The number of carbonyl (C=O) groups is 3. The molecular formula is C99H90Cl6F9N21O6. The van der Waals surface area contributed by atoms with E-state index in [0.717, 1.165) is 4.57 Å². The lowest BCUT2D eigenvalue weighted by atomic mass is 10.0. The van der Waals surface area contributed by atoms with Gasteiger partial charge in [-0.15, -0.1) is 0 Å². The fourth-order valence-corrected chi connectivity index (χ4v) is 20.2. The van der Waals surface area contributed by atoms with Crippen molar-refractivity contribution in [3.05, 3.63) is 257 Å². The van der Waals surface area contributed by atoms with Crippen LogP contribution in [0.2, 0.25) is 30.1 Å². The number of hydrogen-bond donors (Lipinski definition) is 3. The molecule has 42 heteroatoms. The normalized spacial score (nSPS) is 16.6. The van der Waals surface area contributed by atoms with E-state index in [1.165, 1.54) is 45.6 Å². The molecule has 3 aliphatic rings. The Morgan fingerprint density at radius 2 is 0.631 bits per heavy atom. The molecule has 3 amide bonds. The van der Waals surface area contributed by atoms with Crippen LogP contribution in [0.4, 0.5) is 73.6 Å². The van der Waals surface area contributed by atoms with Crippen LogP contribution in [0.3, 0.4) is 0 Å². The van der Waals surface area contributed by atoms with Gasteiger partial charge in [-0.05, 0) is 151 Å². The van der Waals surface area contributed by atoms with Crippen molar-refractivity contribution >= 4 is 155 Å². The number of nitrogen functional groups attached to an aromatic ring is 3. The van der Waals surface area contributed by atoms with Gasteiger partial charge in [0.25, 0.3) is 16.7 Å². The van der Waals surface area contributed by atoms with E-state index >= 15 is 13.2 Å². The lowest BCUT2D eigenvalue weighted by molar-refractivity contribution is -0.131. The number of aryl methyl sites for hydroxylation is 3. The van der Waals surface area contributed by atoms with Gasteiger partial charge >= 0.3 is 0 Å². The zero-order valence-electron chi connectivity index (χ0n) is 78.4. The highest BCUT2D eigenvalue weighted by molar-refractivity contribution is 6.39. The molecule has 3 aromatic carbocycles. The third-order valence-corrected chi connectivity index (χ3v) is 26.9. The smallest absolute Gasteiger partial charge is 0.276 e. The maximum absolute atomic E-state index is 15.6. The first-order chi connectivity index (χ1) is 66.5. The van der Waals surface area contributed by atoms with Gasteiger partial charge in [0.1, 0.15) is 66.9 Å². The van der Waals surface area contributed by atoms with Gasteiger partial charge < -0.3 is 46.6 Å². The summed E-state index contributed by atoms with van der Waals surface area (Å²) in [6, 6.07) is 13.2. The number of aromatic nitrogens is 9. The summed E-state index contributed by atoms with van der Waals surface area (Å²) in [5.41, 5.74) is 13.6. The fraction of sp³-hybridized carbons (Fsp3) is 0.303. The van der Waals surface area contributed by atoms with E-state index < -0.39 is 129 Å². The standard InChI is InChI=1S/C33H30Cl3F2N7O2.C33H30Cl2F3N7O2.C33H30ClF4N7O2/c1-7-21(46)44-16(5)12-43(13-17(44)6)31-18-10-20(34)29(22-25(37)23(35)26(38)24(36)27(22)40)42-32(18)45(33(47)19(31)11-39)30-15(4)8-9-41-28(30)14(2)3;1-7-21(46)44-16(5)12-43(13-17(44)6)31-18-10-20(34)29(22-24(36)23(35)25(37)26(38)27(22)40)42-32(18)45(33(47)19(31)11-39)30-15(4)8-9-41-28(30)14(2)3;1-7-21(46)44-16(5)12-43(13-17(44)6)31-18-10-20(34)29(22-23(35)24(36)25(37)26(38)27(22)40)42-32(18)45(33(47)19(31)11-39)30-15(4)8-9-41-28(30)14(2)3/h3*7-10,14,16-17H,1,12-13,40H2,2-6H3/t3*16-,17+. The number of nitrogens with zero attached hydrogens (tertiary/aromatic N) is 18. The number of anilines is 6. The van der Waals surface area contributed by atoms with Crippen LogP contribution in [0.25, 0.3) is 83.9 Å². The van der Waals surface area contributed by atoms with Crippen molar-refractivity contribution in [3.8, 4) is 69.0 Å². The second-order valence-corrected chi connectivity index (χ2v) is 37.7. The summed E-state index contributed by atoms with van der Waals surface area (Å²) in [6.45, 7) is 39.6. The number of carbonyl (C=O) groups excluding carboxylic acids is 3. The minimum absolute atomic E-state index is 0.00155. The van der Waals surface area contributed by atoms with Crippen LogP contribution in [0.1, 0.15) is 151 Å². The number of pyridine rings is 9. The molecule has 0 unspecified atom stereocenters. The Balaban J connectivity index is 0.000000178. The molecule has 141 heavy (non-hydrogen) atoms. The Morgan fingerprint density at radius 1 is 0.383 bits per heavy atom. The quantitative estimate of drug-likeness (QED) is 0.0282. The summed E-state index contributed by atoms with van der Waals surface area (Å²) in [4.78, 5) is 119. The van der Waals surface area contributed by atoms with Gasteiger partial charge in [-0.1, -0.05) is 131 Å². The zero-order chi connectivity index (χ0) is 104. The van der Waals surface area contributed by atoms with Gasteiger partial charge in [0.15, 0.2) is 52.4 Å². The van der Waals surface area contributed by atoms with Crippen LogP contribution in [0.5, 0.6) is 0 Å². The van der Waals surface area contributed by atoms with Crippen LogP contribution in [0.15, 0.2) is 107 Å². The Labute approximate surface area is 832 Å². The highest BCUT2D eigenvalue weighted by Gasteiger charge is 2.42. The van der Waals surface area contributed by atoms with Crippen molar-refractivity contribution < 1.29 is 53.9 Å². The van der Waals surface area contributed by atoms with Crippen molar-refractivity contribution in [2.24, 2.45) is 0 Å². The lowest BCUT2D eigenvalue weighted by Gasteiger charge is -2.45. The van der Waals surface area contributed by atoms with Crippen molar-refractivity contribution in [3.63, 3.8) is 0 Å². The molecule has 12 heterocycles. The molecule has 0 radical (unpaired) electrons. The SMILES string of the molecule is C=CC(=O)N1[C@H](C)CN(c2c(C#N)c(=O)n(-c3c(C)ccnc3C(C)C)c3nc(-c4c(N)c(Cl)c(F)c(Cl)c4F)c(Cl)cc23)C[C@@H]1C.C=CC(=O)N1[C@H](C)CN(c2c(C#N)c(=O)n(-c3c(C)ccnc3C(C)C)c3nc(-c4c(N)c(F)c(F)c(Cl)c4F)c(Cl)cc23)C[C@@H]1C.C=CC(=O)N1[C@H](C)CN(c2c(C#N)c(=O)n(-c3c(C)ccnc3C(C)C)c3nc(-c4c(N)c(F)c(F)c(F)c4F)c(Cl)cc23)C[C@@H]1C. The summed E-state index contributed by atoms with van der Waals surface area (Å²) >= 11 is 38.0. The molecule has 27 nitrogen and oxygen atoms in total. The summed E-state index contributed by atoms with van der Waals surface area (Å²) in [5.74, 6) is -16.4. The van der Waals surface area contributed by atoms with E-state index in [9.17, 15) is 70.9 Å². The monoisotopic (exact) mass is 2050 g/mol. The minimum Gasteiger partial charge on any atom is -0.397 e. The maximum Gasteiger partial charge on any atom is 0.276 e. The van der Waals surface area contributed by atoms with E-state index in [1.54, 1.807) is 95.9 Å². The van der Waals surface area contributed by atoms with E-state index in [1.807, 2.05) is 80.2 Å². The predicted molar refractivity (Wildman–Crippen MR) is 530 cm³/mol. The van der Waals surface area contributed by atoms with E-state index in [2.05, 4.69) is 56.8 Å². The first-order valence-corrected chi connectivity index (χ1v) is 46.1. The van der Waals surface area contributed by atoms with Crippen molar-refractivity contribution in [1.29, 1.82) is 15.8 Å². The molecule has 6 atom stereocenters. The molecule has 6 N–H and O–H groups in total. The average Bonchev–Trinajstić information content (AvgIpc) is 0.725. The minimum atomic E-state index is -2.12. The Kier molecular flexibility index (Phi) is 30.3. The zero-order valence-corrected chi connectivity index (χ0v) is 82.9. The molecule has 12 aromatic rings. The third-order valence-electron chi connectivity index (χ3n) is 25.0. The van der Waals surface area contributed by atoms with E-state index in [4.69, 9.17) is 91.8 Å². The number of hydrogen-bond acceptors (Lipinski definition) is 21. The van der Waals surface area contributed by atoms with Gasteiger partial charge in [-0.3, -0.25) is 57.4 Å². The lowest BCUT2D eigenvalue weighted by Crippen LogP contribution is -2.58. The van der Waals surface area contributed by atoms with Gasteiger partial charge in [0, 0.05) is 110 Å². The summed E-state index contributed by atoms with van der Waals surface area (Å²) in [7, 11) is 0. The molecule has 3 aliphatic heterocycles.